The lowest BCUT2D eigenvalue weighted by atomic mass is 10.1. The number of thiophene rings is 1. The number of nitro benzene ring substituents is 1. The van der Waals surface area contributed by atoms with Crippen LogP contribution in [0, 0.1) is 17.0 Å². The number of nitrogens with zero attached hydrogens (tertiary/aromatic N) is 1. The fourth-order valence-electron chi connectivity index (χ4n) is 1.78. The van der Waals surface area contributed by atoms with Gasteiger partial charge in [-0.05, 0) is 35.4 Å². The van der Waals surface area contributed by atoms with Gasteiger partial charge in [0.1, 0.15) is 0 Å². The first kappa shape index (κ1) is 16.6. The number of benzene rings is 1. The molecule has 23 heavy (non-hydrogen) atoms. The first-order chi connectivity index (χ1) is 11.0. The van der Waals surface area contributed by atoms with Crippen LogP contribution >= 0.6 is 11.3 Å². The van der Waals surface area contributed by atoms with E-state index in [1.807, 2.05) is 16.8 Å². The van der Waals surface area contributed by atoms with Gasteiger partial charge in [-0.2, -0.15) is 11.3 Å². The smallest absolute Gasteiger partial charge is 0.331 e. The van der Waals surface area contributed by atoms with Crippen LogP contribution in [0.1, 0.15) is 21.5 Å². The number of hydrogen-bond donors (Lipinski definition) is 0. The van der Waals surface area contributed by atoms with E-state index in [-0.39, 0.29) is 11.3 Å². The van der Waals surface area contributed by atoms with Crippen LogP contribution in [-0.4, -0.2) is 23.3 Å². The molecule has 0 amide bonds. The Balaban J connectivity index is 1.95. The molecular formula is C16H13NO5S. The van der Waals surface area contributed by atoms with Gasteiger partial charge < -0.3 is 4.74 Å². The highest BCUT2D eigenvalue weighted by Gasteiger charge is 2.15. The number of aryl methyl sites for hydroxylation is 1. The van der Waals surface area contributed by atoms with Crippen molar-refractivity contribution in [2.24, 2.45) is 0 Å². The molecule has 0 fully saturated rings. The Morgan fingerprint density at radius 1 is 1.35 bits per heavy atom. The molecule has 0 saturated carbocycles. The first-order valence-corrected chi connectivity index (χ1v) is 7.57. The number of esters is 1. The minimum absolute atomic E-state index is 0.136. The van der Waals surface area contributed by atoms with Gasteiger partial charge in [-0.15, -0.1) is 0 Å². The second-order valence-corrected chi connectivity index (χ2v) is 5.46. The zero-order chi connectivity index (χ0) is 16.8. The van der Waals surface area contributed by atoms with Gasteiger partial charge in [-0.3, -0.25) is 14.9 Å². The van der Waals surface area contributed by atoms with E-state index < -0.39 is 23.3 Å². The molecule has 1 aromatic carbocycles. The van der Waals surface area contributed by atoms with Gasteiger partial charge in [0.05, 0.1) is 4.92 Å². The maximum Gasteiger partial charge on any atom is 0.331 e. The van der Waals surface area contributed by atoms with Crippen molar-refractivity contribution in [1.82, 2.24) is 0 Å². The van der Waals surface area contributed by atoms with Gasteiger partial charge in [0, 0.05) is 23.3 Å². The van der Waals surface area contributed by atoms with E-state index in [9.17, 15) is 19.7 Å². The van der Waals surface area contributed by atoms with Crippen molar-refractivity contribution >= 4 is 34.9 Å². The van der Waals surface area contributed by atoms with E-state index in [1.165, 1.54) is 35.6 Å². The summed E-state index contributed by atoms with van der Waals surface area (Å²) in [5.74, 6) is -1.14. The van der Waals surface area contributed by atoms with Crippen molar-refractivity contribution < 1.29 is 19.2 Å². The third-order valence-electron chi connectivity index (χ3n) is 3.03. The maximum absolute atomic E-state index is 11.9. The zero-order valence-electron chi connectivity index (χ0n) is 12.2. The van der Waals surface area contributed by atoms with Crippen LogP contribution in [0.3, 0.4) is 0 Å². The van der Waals surface area contributed by atoms with Crippen molar-refractivity contribution in [3.63, 3.8) is 0 Å². The monoisotopic (exact) mass is 331 g/mol. The summed E-state index contributed by atoms with van der Waals surface area (Å²) in [6, 6.07) is 5.99. The van der Waals surface area contributed by atoms with Crippen molar-refractivity contribution in [1.29, 1.82) is 0 Å². The fraction of sp³-hybridized carbons (Fsp3) is 0.125. The SMILES string of the molecule is Cc1ccc(C(=O)COC(=O)/C=C/c2ccsc2)cc1[N+](=O)[O-]. The largest absolute Gasteiger partial charge is 0.454 e. The molecule has 0 aliphatic carbocycles. The van der Waals surface area contributed by atoms with Crippen LogP contribution in [0.2, 0.25) is 0 Å². The summed E-state index contributed by atoms with van der Waals surface area (Å²) in [5.41, 5.74) is 1.33. The quantitative estimate of drug-likeness (QED) is 0.266. The third-order valence-corrected chi connectivity index (χ3v) is 3.73. The predicted molar refractivity (Wildman–Crippen MR) is 86.5 cm³/mol. The fourth-order valence-corrected chi connectivity index (χ4v) is 2.41. The topological polar surface area (TPSA) is 86.5 Å². The van der Waals surface area contributed by atoms with Gasteiger partial charge in [0.15, 0.2) is 6.61 Å². The summed E-state index contributed by atoms with van der Waals surface area (Å²) in [7, 11) is 0. The first-order valence-electron chi connectivity index (χ1n) is 6.62. The van der Waals surface area contributed by atoms with Crippen LogP contribution in [0.5, 0.6) is 0 Å². The van der Waals surface area contributed by atoms with E-state index >= 15 is 0 Å². The minimum atomic E-state index is -0.647. The van der Waals surface area contributed by atoms with Crippen molar-refractivity contribution in [2.45, 2.75) is 6.92 Å². The molecule has 6 nitrogen and oxygen atoms in total. The lowest BCUT2D eigenvalue weighted by molar-refractivity contribution is -0.385. The molecule has 118 valence electrons. The highest BCUT2D eigenvalue weighted by atomic mass is 32.1. The molecule has 0 N–H and O–H groups in total. The lowest BCUT2D eigenvalue weighted by Gasteiger charge is -2.03. The molecule has 2 rings (SSSR count). The van der Waals surface area contributed by atoms with Crippen molar-refractivity contribution in [2.75, 3.05) is 6.61 Å². The normalized spacial score (nSPS) is 10.7. The van der Waals surface area contributed by atoms with Crippen LogP contribution in [-0.2, 0) is 9.53 Å². The predicted octanol–water partition coefficient (Wildman–Crippen LogP) is 3.40. The van der Waals surface area contributed by atoms with Crippen LogP contribution in [0.15, 0.2) is 41.1 Å². The number of ether oxygens (including phenoxy) is 1. The molecular weight excluding hydrogens is 318 g/mol. The van der Waals surface area contributed by atoms with Gasteiger partial charge in [0.25, 0.3) is 5.69 Å². The second-order valence-electron chi connectivity index (χ2n) is 4.68. The Kier molecular flexibility index (Phi) is 5.37. The highest BCUT2D eigenvalue weighted by molar-refractivity contribution is 7.08. The van der Waals surface area contributed by atoms with E-state index in [0.717, 1.165) is 5.56 Å². The molecule has 0 bridgehead atoms. The van der Waals surface area contributed by atoms with E-state index in [0.29, 0.717) is 5.56 Å². The van der Waals surface area contributed by atoms with Gasteiger partial charge in [-0.1, -0.05) is 12.1 Å². The summed E-state index contributed by atoms with van der Waals surface area (Å²) in [6.07, 6.45) is 2.81. The highest BCUT2D eigenvalue weighted by Crippen LogP contribution is 2.19. The van der Waals surface area contributed by atoms with E-state index in [2.05, 4.69) is 0 Å². The van der Waals surface area contributed by atoms with Gasteiger partial charge in [0.2, 0.25) is 5.78 Å². The molecule has 0 saturated heterocycles. The standard InChI is InChI=1S/C16H13NO5S/c1-11-2-4-13(8-14(11)17(20)21)15(18)9-22-16(19)5-3-12-6-7-23-10-12/h2-8,10H,9H2,1H3/b5-3+. The molecule has 0 radical (unpaired) electrons. The molecule has 0 aliphatic heterocycles. The molecule has 7 heteroatoms. The average Bonchev–Trinajstić information content (AvgIpc) is 3.04. The average molecular weight is 331 g/mol. The second kappa shape index (κ2) is 7.46. The van der Waals surface area contributed by atoms with Crippen molar-refractivity contribution in [3.05, 3.63) is 67.9 Å². The summed E-state index contributed by atoms with van der Waals surface area (Å²) < 4.78 is 4.85. The summed E-state index contributed by atoms with van der Waals surface area (Å²) in [5, 5.41) is 14.6. The Morgan fingerprint density at radius 2 is 2.13 bits per heavy atom. The van der Waals surface area contributed by atoms with E-state index in [1.54, 1.807) is 13.0 Å². The molecule has 1 aromatic heterocycles. The number of hydrogen-bond acceptors (Lipinski definition) is 6. The van der Waals surface area contributed by atoms with E-state index in [4.69, 9.17) is 4.74 Å². The summed E-state index contributed by atoms with van der Waals surface area (Å²) in [4.78, 5) is 33.8. The molecule has 0 unspecified atom stereocenters. The Bertz CT molecular complexity index is 765. The van der Waals surface area contributed by atoms with Crippen LogP contribution in [0.4, 0.5) is 5.69 Å². The summed E-state index contributed by atoms with van der Waals surface area (Å²) in [6.45, 7) is 1.12. The summed E-state index contributed by atoms with van der Waals surface area (Å²) >= 11 is 1.50. The molecule has 1 heterocycles. The molecule has 0 atom stereocenters. The molecule has 0 aliphatic rings. The molecule has 2 aromatic rings. The third kappa shape index (κ3) is 4.58. The van der Waals surface area contributed by atoms with Crippen molar-refractivity contribution in [3.8, 4) is 0 Å². The lowest BCUT2D eigenvalue weighted by Crippen LogP contribution is -2.13. The molecule has 0 spiro atoms. The van der Waals surface area contributed by atoms with Crippen LogP contribution < -0.4 is 0 Å². The van der Waals surface area contributed by atoms with Gasteiger partial charge in [-0.25, -0.2) is 4.79 Å². The maximum atomic E-state index is 11.9. The number of carbonyl (C=O) groups excluding carboxylic acids is 2. The minimum Gasteiger partial charge on any atom is -0.454 e. The number of ketones is 1. The number of Topliss-reactive ketones (excluding diaryl/α,β-unsaturated/α-hetero) is 1. The zero-order valence-corrected chi connectivity index (χ0v) is 13.0. The Labute approximate surface area is 136 Å². The van der Waals surface area contributed by atoms with Crippen LogP contribution in [0.25, 0.3) is 6.08 Å². The Hall–Kier alpha value is -2.80. The number of carbonyl (C=O) groups is 2. The number of rotatable bonds is 6. The Morgan fingerprint density at radius 3 is 2.78 bits per heavy atom. The van der Waals surface area contributed by atoms with Gasteiger partial charge >= 0.3 is 5.97 Å². The number of nitro groups is 1.